The maximum absolute atomic E-state index is 13.6. The molecule has 1 fully saturated rings. The summed E-state index contributed by atoms with van der Waals surface area (Å²) >= 11 is 0. The fourth-order valence-corrected chi connectivity index (χ4v) is 15.2. The van der Waals surface area contributed by atoms with E-state index in [0.29, 0.717) is 64.2 Å². The van der Waals surface area contributed by atoms with Crippen LogP contribution in [0.2, 0.25) is 0 Å². The van der Waals surface area contributed by atoms with Gasteiger partial charge in [0.25, 0.3) is 11.8 Å². The number of unbranched alkanes of at least 4 members (excludes halogenated alkanes) is 38. The minimum Gasteiger partial charge on any atom is -0.462 e. The zero-order valence-corrected chi connectivity index (χ0v) is 75.5. The van der Waals surface area contributed by atoms with Crippen LogP contribution >= 0.6 is 15.6 Å². The van der Waals surface area contributed by atoms with Gasteiger partial charge in [-0.25, -0.2) is 9.13 Å². The number of allylic oxidation sites excluding steroid dienone is 4. The molecule has 115 heavy (non-hydrogen) atoms. The van der Waals surface area contributed by atoms with Crippen LogP contribution in [0.3, 0.4) is 0 Å². The minimum absolute atomic E-state index is 0.0681. The van der Waals surface area contributed by atoms with Crippen LogP contribution in [0.4, 0.5) is 0 Å². The zero-order chi connectivity index (χ0) is 84.4. The van der Waals surface area contributed by atoms with E-state index >= 15 is 0 Å². The van der Waals surface area contributed by atoms with Crippen molar-refractivity contribution in [1.29, 1.82) is 0 Å². The van der Waals surface area contributed by atoms with E-state index in [1.807, 2.05) is 0 Å². The van der Waals surface area contributed by atoms with Crippen LogP contribution in [0.15, 0.2) is 24.3 Å². The summed E-state index contributed by atoms with van der Waals surface area (Å²) in [6.45, 7) is 13.9. The summed E-state index contributed by atoms with van der Waals surface area (Å²) in [7, 11) is -9.60. The second-order valence-corrected chi connectivity index (χ2v) is 35.0. The Morgan fingerprint density at radius 3 is 0.965 bits per heavy atom. The molecule has 0 aliphatic carbocycles. The highest BCUT2D eigenvalue weighted by Crippen LogP contribution is 2.44. The fourth-order valence-electron chi connectivity index (χ4n) is 13.6. The van der Waals surface area contributed by atoms with E-state index in [9.17, 15) is 47.7 Å². The van der Waals surface area contributed by atoms with Gasteiger partial charge in [-0.2, -0.15) is 0 Å². The summed E-state index contributed by atoms with van der Waals surface area (Å²) < 4.78 is 83.9. The van der Waals surface area contributed by atoms with Gasteiger partial charge in [-0.1, -0.05) is 284 Å². The molecule has 24 nitrogen and oxygen atoms in total. The molecular weight excluding hydrogens is 1510 g/mol. The standard InChI is InChI=1S/C89H168N4O20P2/c1-9-15-21-27-31-35-37-41-43-49-55-61-81(94)92-77(73-104-69-65-79(59-53-47-25-19-13-5)110-83(96)63-57-51-45-39-33-29-23-17-11-3)75-108-114(100,101)106-71-67-90-87(98)85-86(113-89(7,8)112-85)88(99)91-68-72-107-115(102,103)109-76-78(93-82(95)62-56-50-44-42-38-36-32-28-22-16-10-2)74-105-70-66-80(60-54-48-26-20-14-6)111-84(97)64-58-52-46-40-34-30-24-18-12-4/h39-40,45-46,77-80,85-86H,9-38,41-44,47-76H2,1-8H3,(H,90,98)(H,91,99)(H,92,94)(H,93,95)(H,100,101)(H,102,103)/t77-,78-,79-,80-,85-,86+/m1/s1. The van der Waals surface area contributed by atoms with E-state index in [4.69, 9.17) is 46.5 Å². The Kier molecular flexibility index (Phi) is 71.6. The Bertz CT molecular complexity index is 2380. The van der Waals surface area contributed by atoms with Crippen molar-refractivity contribution in [3.8, 4) is 0 Å². The van der Waals surface area contributed by atoms with Crippen LogP contribution in [-0.2, 0) is 84.4 Å². The molecule has 1 rings (SSSR count). The van der Waals surface area contributed by atoms with Gasteiger partial charge >= 0.3 is 27.6 Å². The van der Waals surface area contributed by atoms with E-state index in [1.165, 1.54) is 155 Å². The number of phosphoric ester groups is 2. The van der Waals surface area contributed by atoms with Crippen LogP contribution in [0.1, 0.15) is 402 Å². The van der Waals surface area contributed by atoms with Gasteiger partial charge < -0.3 is 59.5 Å². The van der Waals surface area contributed by atoms with Crippen LogP contribution in [0, 0.1) is 0 Å². The number of carbonyl (C=O) groups excluding carboxylic acids is 6. The van der Waals surface area contributed by atoms with E-state index < -0.39 is 84.0 Å². The minimum atomic E-state index is -4.80. The van der Waals surface area contributed by atoms with Gasteiger partial charge in [-0.3, -0.25) is 46.9 Å². The third kappa shape index (κ3) is 67.7. The lowest BCUT2D eigenvalue weighted by atomic mass is 10.1. The van der Waals surface area contributed by atoms with Crippen LogP contribution in [0.25, 0.3) is 0 Å². The number of ether oxygens (including phenoxy) is 6. The molecule has 0 aromatic carbocycles. The maximum atomic E-state index is 13.6. The largest absolute Gasteiger partial charge is 0.472 e. The van der Waals surface area contributed by atoms with Gasteiger partial charge in [-0.05, 0) is 104 Å². The predicted octanol–water partition coefficient (Wildman–Crippen LogP) is 21.1. The molecule has 4 amide bonds. The number of nitrogens with one attached hydrogen (secondary N) is 4. The molecule has 0 aromatic heterocycles. The van der Waals surface area contributed by atoms with E-state index in [2.05, 4.69) is 87.1 Å². The highest BCUT2D eigenvalue weighted by Gasteiger charge is 2.49. The first kappa shape index (κ1) is 109. The van der Waals surface area contributed by atoms with E-state index in [-0.39, 0.29) is 88.3 Å². The van der Waals surface area contributed by atoms with Crippen molar-refractivity contribution in [2.24, 2.45) is 0 Å². The summed E-state index contributed by atoms with van der Waals surface area (Å²) in [4.78, 5) is 102. The van der Waals surface area contributed by atoms with Crippen molar-refractivity contribution in [3.63, 3.8) is 0 Å². The van der Waals surface area contributed by atoms with Gasteiger partial charge in [-0.15, -0.1) is 0 Å². The lowest BCUT2D eigenvalue weighted by Gasteiger charge is -2.22. The summed E-state index contributed by atoms with van der Waals surface area (Å²) in [5, 5.41) is 10.9. The van der Waals surface area contributed by atoms with Crippen molar-refractivity contribution in [2.45, 2.75) is 444 Å². The van der Waals surface area contributed by atoms with Crippen LogP contribution in [0.5, 0.6) is 0 Å². The molecular formula is C89H168N4O20P2. The highest BCUT2D eigenvalue weighted by atomic mass is 31.2. The molecule has 0 spiro atoms. The molecule has 8 atom stereocenters. The second kappa shape index (κ2) is 75.3. The number of hydrogen-bond donors (Lipinski definition) is 6. The molecule has 1 heterocycles. The molecule has 26 heteroatoms. The first-order chi connectivity index (χ1) is 55.6. The number of phosphoric acid groups is 2. The third-order valence-corrected chi connectivity index (χ3v) is 22.5. The topological polar surface area (TPSA) is 317 Å². The summed E-state index contributed by atoms with van der Waals surface area (Å²) in [6, 6.07) is -1.70. The number of carbonyl (C=O) groups is 6. The number of amides is 4. The average Bonchev–Trinajstić information content (AvgIpc) is 1.66. The van der Waals surface area contributed by atoms with Crippen molar-refractivity contribution in [1.82, 2.24) is 21.3 Å². The van der Waals surface area contributed by atoms with Gasteiger partial charge in [0.05, 0.1) is 64.9 Å². The van der Waals surface area contributed by atoms with E-state index in [0.717, 1.165) is 128 Å². The Hall–Kier alpha value is -3.64. The first-order valence-corrected chi connectivity index (χ1v) is 49.2. The van der Waals surface area contributed by atoms with Crippen LogP contribution < -0.4 is 21.3 Å². The van der Waals surface area contributed by atoms with Gasteiger partial charge in [0.2, 0.25) is 11.8 Å². The quantitative estimate of drug-likeness (QED) is 0.0143. The molecule has 2 unspecified atom stereocenters. The molecule has 1 saturated heterocycles. The lowest BCUT2D eigenvalue weighted by Crippen LogP contribution is -2.48. The summed E-state index contributed by atoms with van der Waals surface area (Å²) in [5.41, 5.74) is 0. The number of esters is 2. The SMILES string of the molecule is CCCCCCC=CCCCC(=O)O[C@H](CCCCCCC)CCOC[C@H](COP(=O)(O)OCCNC(=O)[C@H]1OC(C)(C)O[C@H]1C(=O)NCCOP(=O)(O)OC[C@@H](COCC[C@@H](CCCCCCC)OC(=O)CCCC=CCCCCCC)NC(=O)CCCCCCCCCCCCC)NC(=O)CCCCCCCCCCCCC. The maximum Gasteiger partial charge on any atom is 0.472 e. The molecule has 0 aromatic rings. The molecule has 6 N–H and O–H groups in total. The van der Waals surface area contributed by atoms with E-state index in [1.54, 1.807) is 0 Å². The predicted molar refractivity (Wildman–Crippen MR) is 460 cm³/mol. The first-order valence-electron chi connectivity index (χ1n) is 46.2. The Balaban J connectivity index is 2.99. The van der Waals surface area contributed by atoms with Crippen molar-refractivity contribution in [2.75, 3.05) is 65.9 Å². The third-order valence-electron chi connectivity index (χ3n) is 20.5. The number of hydrogen-bond acceptors (Lipinski definition) is 18. The fraction of sp³-hybridized carbons (Fsp3) is 0.888. The van der Waals surface area contributed by atoms with Crippen molar-refractivity contribution in [3.05, 3.63) is 24.3 Å². The van der Waals surface area contributed by atoms with Crippen molar-refractivity contribution < 1.29 is 94.2 Å². The van der Waals surface area contributed by atoms with Gasteiger partial charge in [0.1, 0.15) is 12.2 Å². The Labute approximate surface area is 697 Å². The van der Waals surface area contributed by atoms with Gasteiger partial charge in [0, 0.05) is 51.6 Å². The van der Waals surface area contributed by atoms with Gasteiger partial charge in [0.15, 0.2) is 18.0 Å². The lowest BCUT2D eigenvalue weighted by molar-refractivity contribution is -0.159. The highest BCUT2D eigenvalue weighted by molar-refractivity contribution is 7.47. The van der Waals surface area contributed by atoms with Crippen molar-refractivity contribution >= 4 is 51.2 Å². The molecule has 0 radical (unpaired) electrons. The Morgan fingerprint density at radius 2 is 0.643 bits per heavy atom. The molecule has 674 valence electrons. The monoisotopic (exact) mass is 1680 g/mol. The summed E-state index contributed by atoms with van der Waals surface area (Å²) in [6.07, 6.45) is 58.6. The average molecular weight is 1680 g/mol. The molecule has 1 aliphatic rings. The Morgan fingerprint density at radius 1 is 0.357 bits per heavy atom. The molecule has 0 saturated carbocycles. The normalized spacial score (nSPS) is 16.3. The second-order valence-electron chi connectivity index (χ2n) is 32.1. The smallest absolute Gasteiger partial charge is 0.462 e. The molecule has 1 aliphatic heterocycles. The number of rotatable bonds is 84. The zero-order valence-electron chi connectivity index (χ0n) is 73.7. The molecule has 0 bridgehead atoms. The van der Waals surface area contributed by atoms with Crippen LogP contribution in [-0.4, -0.2) is 154 Å². The summed E-state index contributed by atoms with van der Waals surface area (Å²) in [5.74, 6) is -4.02.